The van der Waals surface area contributed by atoms with Gasteiger partial charge in [-0.2, -0.15) is 0 Å². The molecule has 6 atom stereocenters. The van der Waals surface area contributed by atoms with Gasteiger partial charge in [0.2, 0.25) is 0 Å². The predicted octanol–water partition coefficient (Wildman–Crippen LogP) is 2.10. The van der Waals surface area contributed by atoms with Crippen molar-refractivity contribution in [1.29, 1.82) is 0 Å². The van der Waals surface area contributed by atoms with Crippen molar-refractivity contribution in [3.63, 3.8) is 0 Å². The molecule has 0 aromatic carbocycles. The second-order valence-corrected chi connectivity index (χ2v) is 8.01. The van der Waals surface area contributed by atoms with E-state index in [0.717, 1.165) is 12.0 Å². The second-order valence-electron chi connectivity index (χ2n) is 8.01. The molecule has 158 valence electrons. The third-order valence-electron chi connectivity index (χ3n) is 6.39. The summed E-state index contributed by atoms with van der Waals surface area (Å²) < 4.78 is 16.4. The van der Waals surface area contributed by atoms with Gasteiger partial charge in [-0.1, -0.05) is 24.3 Å². The highest BCUT2D eigenvalue weighted by Gasteiger charge is 2.55. The first kappa shape index (κ1) is 21.3. The largest absolute Gasteiger partial charge is 0.461 e. The average Bonchev–Trinajstić information content (AvgIpc) is 3.14. The van der Waals surface area contributed by atoms with E-state index in [9.17, 15) is 19.5 Å². The molecule has 0 radical (unpaired) electrons. The van der Waals surface area contributed by atoms with Crippen molar-refractivity contribution >= 4 is 17.9 Å². The Morgan fingerprint density at radius 3 is 2.72 bits per heavy atom. The summed E-state index contributed by atoms with van der Waals surface area (Å²) in [6.07, 6.45) is 3.75. The minimum absolute atomic E-state index is 0.0220. The lowest BCUT2D eigenvalue weighted by molar-refractivity contribution is -0.150. The van der Waals surface area contributed by atoms with Crippen LogP contribution in [-0.2, 0) is 28.6 Å². The number of hydrogen-bond donors (Lipinski definition) is 1. The summed E-state index contributed by atoms with van der Waals surface area (Å²) >= 11 is 0. The summed E-state index contributed by atoms with van der Waals surface area (Å²) in [5.41, 5.74) is 1.64. The van der Waals surface area contributed by atoms with Gasteiger partial charge in [0.1, 0.15) is 18.8 Å². The van der Waals surface area contributed by atoms with E-state index in [0.29, 0.717) is 12.0 Å². The Morgan fingerprint density at radius 2 is 2.10 bits per heavy atom. The van der Waals surface area contributed by atoms with Gasteiger partial charge in [-0.15, -0.1) is 0 Å². The Bertz CT molecular complexity index is 778. The van der Waals surface area contributed by atoms with Crippen molar-refractivity contribution in [3.05, 3.63) is 35.5 Å². The van der Waals surface area contributed by atoms with E-state index in [1.807, 2.05) is 6.92 Å². The molecule has 1 N–H and O–H groups in total. The molecule has 1 saturated heterocycles. The Morgan fingerprint density at radius 1 is 1.38 bits per heavy atom. The van der Waals surface area contributed by atoms with Crippen molar-refractivity contribution in [2.75, 3.05) is 13.2 Å². The summed E-state index contributed by atoms with van der Waals surface area (Å²) in [5, 5.41) is 10.0. The monoisotopic (exact) mass is 404 g/mol. The molecular weight excluding hydrogens is 376 g/mol. The summed E-state index contributed by atoms with van der Waals surface area (Å²) in [6, 6.07) is 0. The fraction of sp³-hybridized carbons (Fsp3) is 0.591. The maximum atomic E-state index is 12.7. The number of aliphatic hydroxyl groups is 1. The van der Waals surface area contributed by atoms with Crippen LogP contribution >= 0.6 is 0 Å². The van der Waals surface area contributed by atoms with Crippen molar-refractivity contribution in [2.24, 2.45) is 23.7 Å². The minimum atomic E-state index is -0.658. The van der Waals surface area contributed by atoms with Gasteiger partial charge < -0.3 is 19.3 Å². The number of rotatable bonds is 5. The van der Waals surface area contributed by atoms with Gasteiger partial charge in [-0.3, -0.25) is 4.79 Å². The molecule has 1 unspecified atom stereocenters. The van der Waals surface area contributed by atoms with E-state index in [4.69, 9.17) is 14.2 Å². The van der Waals surface area contributed by atoms with Crippen LogP contribution in [0, 0.1) is 23.7 Å². The average molecular weight is 404 g/mol. The highest BCUT2D eigenvalue weighted by molar-refractivity contribution is 5.92. The standard InChI is InChI=1S/C22H28O7/c1-5-14(10-27-13(4)24)22(26)28-17-8-15(9-23)16-7-6-11(2)18(16)20-19(17)12(3)21(25)29-20/h5-6,15-20,23H,3,7-10H2,1-2,4H3/b14-5+/t15-,16-,17?,18-,19+,20+/m0/s1. The van der Waals surface area contributed by atoms with E-state index >= 15 is 0 Å². The van der Waals surface area contributed by atoms with Crippen LogP contribution in [0.25, 0.3) is 0 Å². The van der Waals surface area contributed by atoms with Crippen molar-refractivity contribution < 1.29 is 33.7 Å². The molecule has 1 heterocycles. The maximum absolute atomic E-state index is 12.7. The Labute approximate surface area is 170 Å². The molecule has 0 aromatic rings. The fourth-order valence-corrected chi connectivity index (χ4v) is 4.87. The van der Waals surface area contributed by atoms with Crippen LogP contribution in [0.3, 0.4) is 0 Å². The first-order valence-electron chi connectivity index (χ1n) is 9.95. The second kappa shape index (κ2) is 8.53. The van der Waals surface area contributed by atoms with Gasteiger partial charge in [0, 0.05) is 25.0 Å². The van der Waals surface area contributed by atoms with Gasteiger partial charge in [-0.05, 0) is 38.5 Å². The number of carbonyl (C=O) groups excluding carboxylic acids is 3. The zero-order valence-corrected chi connectivity index (χ0v) is 17.1. The molecular formula is C22H28O7. The lowest BCUT2D eigenvalue weighted by Crippen LogP contribution is -2.36. The highest BCUT2D eigenvalue weighted by atomic mass is 16.6. The Kier molecular flexibility index (Phi) is 6.27. The molecule has 0 bridgehead atoms. The zero-order chi connectivity index (χ0) is 21.3. The molecule has 7 heteroatoms. The number of aliphatic hydroxyl groups excluding tert-OH is 1. The third-order valence-corrected chi connectivity index (χ3v) is 6.39. The SMILES string of the molecule is C=C1C(=O)O[C@@H]2[C@H]3C(C)=CC[C@H]3[C@H](CO)CC(OC(=O)/C(=C/C)COC(C)=O)[C@@H]12. The van der Waals surface area contributed by atoms with E-state index < -0.39 is 36.0 Å². The van der Waals surface area contributed by atoms with Crippen LogP contribution in [0.15, 0.2) is 35.5 Å². The van der Waals surface area contributed by atoms with Gasteiger partial charge in [0.25, 0.3) is 0 Å². The molecule has 3 rings (SSSR count). The normalized spacial score (nSPS) is 33.9. The number of esters is 3. The molecule has 29 heavy (non-hydrogen) atoms. The quantitative estimate of drug-likeness (QED) is 0.324. The fourth-order valence-electron chi connectivity index (χ4n) is 4.87. The van der Waals surface area contributed by atoms with Crippen LogP contribution in [0.1, 0.15) is 33.6 Å². The Balaban J connectivity index is 1.87. The Hall–Kier alpha value is -2.41. The first-order chi connectivity index (χ1) is 13.8. The van der Waals surface area contributed by atoms with Crippen molar-refractivity contribution in [1.82, 2.24) is 0 Å². The molecule has 0 spiro atoms. The van der Waals surface area contributed by atoms with Crippen molar-refractivity contribution in [2.45, 2.75) is 45.8 Å². The molecule has 2 fully saturated rings. The van der Waals surface area contributed by atoms with E-state index in [2.05, 4.69) is 12.7 Å². The van der Waals surface area contributed by atoms with E-state index in [1.54, 1.807) is 6.92 Å². The molecule has 1 aliphatic heterocycles. The van der Waals surface area contributed by atoms with Gasteiger partial charge >= 0.3 is 17.9 Å². The van der Waals surface area contributed by atoms with E-state index in [1.165, 1.54) is 13.0 Å². The summed E-state index contributed by atoms with van der Waals surface area (Å²) in [5.74, 6) is -2.03. The van der Waals surface area contributed by atoms with Crippen LogP contribution in [0.5, 0.6) is 0 Å². The minimum Gasteiger partial charge on any atom is -0.461 e. The predicted molar refractivity (Wildman–Crippen MR) is 103 cm³/mol. The summed E-state index contributed by atoms with van der Waals surface area (Å²) in [7, 11) is 0. The topological polar surface area (TPSA) is 99.1 Å². The van der Waals surface area contributed by atoms with E-state index in [-0.39, 0.29) is 36.5 Å². The maximum Gasteiger partial charge on any atom is 0.337 e. The zero-order valence-electron chi connectivity index (χ0n) is 17.1. The molecule has 0 amide bonds. The number of hydrogen-bond acceptors (Lipinski definition) is 7. The molecule has 3 aliphatic rings. The highest BCUT2D eigenvalue weighted by Crippen LogP contribution is 2.51. The van der Waals surface area contributed by atoms with Gasteiger partial charge in [0.05, 0.1) is 11.5 Å². The first-order valence-corrected chi connectivity index (χ1v) is 9.95. The molecule has 7 nitrogen and oxygen atoms in total. The molecule has 1 saturated carbocycles. The third kappa shape index (κ3) is 4.01. The van der Waals surface area contributed by atoms with Crippen molar-refractivity contribution in [3.8, 4) is 0 Å². The van der Waals surface area contributed by atoms with Crippen LogP contribution in [0.2, 0.25) is 0 Å². The summed E-state index contributed by atoms with van der Waals surface area (Å²) in [4.78, 5) is 36.1. The lowest BCUT2D eigenvalue weighted by atomic mass is 9.78. The molecule has 2 aliphatic carbocycles. The van der Waals surface area contributed by atoms with Crippen LogP contribution in [-0.4, -0.2) is 48.4 Å². The smallest absolute Gasteiger partial charge is 0.337 e. The lowest BCUT2D eigenvalue weighted by Gasteiger charge is -2.29. The number of fused-ring (bicyclic) bond motifs is 3. The summed E-state index contributed by atoms with van der Waals surface area (Å²) in [6.45, 7) is 8.61. The van der Waals surface area contributed by atoms with Gasteiger partial charge in [0.15, 0.2) is 0 Å². The molecule has 0 aromatic heterocycles. The number of ether oxygens (including phenoxy) is 3. The van der Waals surface area contributed by atoms with Crippen LogP contribution in [0.4, 0.5) is 0 Å². The van der Waals surface area contributed by atoms with Gasteiger partial charge in [-0.25, -0.2) is 9.59 Å². The number of carbonyl (C=O) groups is 3. The number of allylic oxidation sites excluding steroid dienone is 2. The van der Waals surface area contributed by atoms with Crippen LogP contribution < -0.4 is 0 Å².